The van der Waals surface area contributed by atoms with Crippen molar-refractivity contribution in [1.82, 2.24) is 20.0 Å². The molecule has 0 unspecified atom stereocenters. The molecule has 2 aromatic heterocycles. The number of hydrogen-bond donors (Lipinski definition) is 3. The molecule has 5 rings (SSSR count). The molecule has 1 saturated carbocycles. The number of benzene rings is 2. The highest BCUT2D eigenvalue weighted by Crippen LogP contribution is 2.33. The molecular formula is C30H29F4N5O2. The monoisotopic (exact) mass is 567 g/mol. The van der Waals surface area contributed by atoms with Crippen molar-refractivity contribution in [3.05, 3.63) is 77.1 Å². The third-order valence-corrected chi connectivity index (χ3v) is 7.16. The summed E-state index contributed by atoms with van der Waals surface area (Å²) in [5, 5.41) is 8.17. The first-order chi connectivity index (χ1) is 19.4. The fourth-order valence-electron chi connectivity index (χ4n) is 4.80. The fraction of sp³-hybridized carbons (Fsp3) is 0.300. The summed E-state index contributed by atoms with van der Waals surface area (Å²) in [6.07, 6.45) is -2.56. The van der Waals surface area contributed by atoms with E-state index >= 15 is 0 Å². The fourth-order valence-corrected chi connectivity index (χ4v) is 4.80. The van der Waals surface area contributed by atoms with Crippen molar-refractivity contribution in [3.63, 3.8) is 0 Å². The minimum absolute atomic E-state index is 0.209. The van der Waals surface area contributed by atoms with Gasteiger partial charge in [-0.2, -0.15) is 13.2 Å². The molecule has 2 amide bonds. The molecule has 1 aliphatic rings. The van der Waals surface area contributed by atoms with Crippen LogP contribution in [-0.2, 0) is 0 Å². The van der Waals surface area contributed by atoms with Crippen molar-refractivity contribution in [2.45, 2.75) is 45.1 Å². The minimum atomic E-state index is -4.32. The second-order valence-electron chi connectivity index (χ2n) is 10.2. The standard InChI is InChI=1S/C30H29F4N5O2/c1-16-10-18(4-6-22(16)29(41)38-24-13-23(24)31)20-12-25(36-9-8-30(32,33)34)27-37-14-26(39(27)15-20)19-5-7-21(17(2)11-19)28(40)35-3/h4-7,10-12,14-15,23-24,36H,8-9,13H2,1-3H3,(H,35,40)(H,38,41)/t23-,24-/m0/s1. The summed E-state index contributed by atoms with van der Waals surface area (Å²) >= 11 is 0. The molecule has 11 heteroatoms. The normalized spacial score (nSPS) is 16.5. The molecule has 0 spiro atoms. The van der Waals surface area contributed by atoms with E-state index in [1.54, 1.807) is 54.9 Å². The highest BCUT2D eigenvalue weighted by molar-refractivity contribution is 5.97. The lowest BCUT2D eigenvalue weighted by Gasteiger charge is -2.15. The van der Waals surface area contributed by atoms with Crippen LogP contribution in [0.4, 0.5) is 23.2 Å². The topological polar surface area (TPSA) is 87.5 Å². The molecule has 0 radical (unpaired) electrons. The van der Waals surface area contributed by atoms with Gasteiger partial charge in [-0.15, -0.1) is 0 Å². The smallest absolute Gasteiger partial charge is 0.382 e. The number of carbonyl (C=O) groups excluding carboxylic acids is 2. The summed E-state index contributed by atoms with van der Waals surface area (Å²) in [5.74, 6) is -0.559. The summed E-state index contributed by atoms with van der Waals surface area (Å²) in [6.45, 7) is 3.27. The summed E-state index contributed by atoms with van der Waals surface area (Å²) in [4.78, 5) is 29.3. The largest absolute Gasteiger partial charge is 0.390 e. The van der Waals surface area contributed by atoms with Crippen LogP contribution in [0.5, 0.6) is 0 Å². The van der Waals surface area contributed by atoms with E-state index in [9.17, 15) is 27.2 Å². The summed E-state index contributed by atoms with van der Waals surface area (Å²) in [6, 6.07) is 11.9. The van der Waals surface area contributed by atoms with Gasteiger partial charge in [0.25, 0.3) is 11.8 Å². The number of rotatable bonds is 8. The SMILES string of the molecule is CNC(=O)c1ccc(-c2cnc3c(NCCC(F)(F)F)cc(-c4ccc(C(=O)N[C@H]5C[C@@H]5F)c(C)c4)cn23)cc1C. The van der Waals surface area contributed by atoms with E-state index in [0.717, 1.165) is 16.7 Å². The number of hydrogen-bond acceptors (Lipinski definition) is 4. The predicted octanol–water partition coefficient (Wildman–Crippen LogP) is 5.85. The van der Waals surface area contributed by atoms with E-state index < -0.39 is 24.8 Å². The van der Waals surface area contributed by atoms with Gasteiger partial charge < -0.3 is 16.0 Å². The van der Waals surface area contributed by atoms with Crippen LogP contribution in [-0.4, -0.2) is 53.2 Å². The first-order valence-electron chi connectivity index (χ1n) is 13.2. The average molecular weight is 568 g/mol. The van der Waals surface area contributed by atoms with Gasteiger partial charge in [0.15, 0.2) is 5.65 Å². The minimum Gasteiger partial charge on any atom is -0.382 e. The summed E-state index contributed by atoms with van der Waals surface area (Å²) < 4.78 is 53.8. The first-order valence-corrected chi connectivity index (χ1v) is 13.2. The quantitative estimate of drug-likeness (QED) is 0.233. The van der Waals surface area contributed by atoms with Crippen LogP contribution in [0.3, 0.4) is 0 Å². The number of amides is 2. The maximum Gasteiger partial charge on any atom is 0.390 e. The van der Waals surface area contributed by atoms with Gasteiger partial charge in [-0.3, -0.25) is 14.0 Å². The lowest BCUT2D eigenvalue weighted by atomic mass is 10.00. The van der Waals surface area contributed by atoms with Crippen molar-refractivity contribution < 1.29 is 27.2 Å². The van der Waals surface area contributed by atoms with Gasteiger partial charge in [0.1, 0.15) is 6.17 Å². The van der Waals surface area contributed by atoms with Gasteiger partial charge in [0.2, 0.25) is 0 Å². The molecule has 1 aliphatic carbocycles. The Kier molecular flexibility index (Phi) is 7.46. The molecule has 2 heterocycles. The van der Waals surface area contributed by atoms with Crippen LogP contribution in [0.2, 0.25) is 0 Å². The highest BCUT2D eigenvalue weighted by atomic mass is 19.4. The molecule has 2 atom stereocenters. The Labute approximate surface area is 234 Å². The average Bonchev–Trinajstić information content (AvgIpc) is 3.43. The first kappa shape index (κ1) is 28.1. The predicted molar refractivity (Wildman–Crippen MR) is 149 cm³/mol. The van der Waals surface area contributed by atoms with Crippen LogP contribution in [0.15, 0.2) is 54.9 Å². The van der Waals surface area contributed by atoms with E-state index in [2.05, 4.69) is 20.9 Å². The van der Waals surface area contributed by atoms with Crippen LogP contribution < -0.4 is 16.0 Å². The zero-order valence-corrected chi connectivity index (χ0v) is 22.7. The highest BCUT2D eigenvalue weighted by Gasteiger charge is 2.39. The van der Waals surface area contributed by atoms with Crippen molar-refractivity contribution in [1.29, 1.82) is 0 Å². The number of nitrogens with zero attached hydrogens (tertiary/aromatic N) is 2. The number of imidazole rings is 1. The van der Waals surface area contributed by atoms with E-state index in [-0.39, 0.29) is 18.4 Å². The molecule has 7 nitrogen and oxygen atoms in total. The van der Waals surface area contributed by atoms with Crippen LogP contribution in [0.1, 0.15) is 44.7 Å². The molecule has 214 valence electrons. The van der Waals surface area contributed by atoms with Crippen molar-refractivity contribution in [3.8, 4) is 22.4 Å². The van der Waals surface area contributed by atoms with E-state index in [4.69, 9.17) is 0 Å². The maximum absolute atomic E-state index is 13.3. The molecule has 2 aromatic carbocycles. The van der Waals surface area contributed by atoms with Crippen molar-refractivity contribution in [2.75, 3.05) is 18.9 Å². The molecule has 0 bridgehead atoms. The summed E-state index contributed by atoms with van der Waals surface area (Å²) in [7, 11) is 1.56. The van der Waals surface area contributed by atoms with Gasteiger partial charge in [0, 0.05) is 48.5 Å². The molecule has 0 aliphatic heterocycles. The van der Waals surface area contributed by atoms with Gasteiger partial charge in [-0.25, -0.2) is 9.37 Å². The molecular weight excluding hydrogens is 538 g/mol. The Hall–Kier alpha value is -4.41. The molecule has 3 N–H and O–H groups in total. The molecule has 4 aromatic rings. The molecule has 1 fully saturated rings. The number of aromatic nitrogens is 2. The number of alkyl halides is 4. The van der Waals surface area contributed by atoms with E-state index in [1.165, 1.54) is 0 Å². The van der Waals surface area contributed by atoms with Crippen LogP contribution in [0.25, 0.3) is 28.0 Å². The lowest BCUT2D eigenvalue weighted by Crippen LogP contribution is -2.27. The van der Waals surface area contributed by atoms with E-state index in [1.807, 2.05) is 25.3 Å². The Morgan fingerprint density at radius 3 is 2.22 bits per heavy atom. The second-order valence-corrected chi connectivity index (χ2v) is 10.2. The van der Waals surface area contributed by atoms with Crippen molar-refractivity contribution >= 4 is 23.1 Å². The van der Waals surface area contributed by atoms with Gasteiger partial charge in [0.05, 0.1) is 30.0 Å². The zero-order valence-electron chi connectivity index (χ0n) is 22.7. The van der Waals surface area contributed by atoms with Gasteiger partial charge in [-0.05, 0) is 54.8 Å². The number of aryl methyl sites for hydroxylation is 2. The third kappa shape index (κ3) is 6.03. The molecule has 0 saturated heterocycles. The van der Waals surface area contributed by atoms with Gasteiger partial charge >= 0.3 is 6.18 Å². The number of halogens is 4. The zero-order chi connectivity index (χ0) is 29.5. The number of carbonyl (C=O) groups is 2. The molecule has 41 heavy (non-hydrogen) atoms. The maximum atomic E-state index is 13.3. The number of pyridine rings is 1. The lowest BCUT2D eigenvalue weighted by molar-refractivity contribution is -0.131. The Bertz CT molecular complexity index is 1650. The Morgan fingerprint density at radius 1 is 0.976 bits per heavy atom. The number of anilines is 1. The number of fused-ring (bicyclic) bond motifs is 1. The Balaban J connectivity index is 1.55. The van der Waals surface area contributed by atoms with Crippen LogP contribution in [0, 0.1) is 13.8 Å². The van der Waals surface area contributed by atoms with E-state index in [0.29, 0.717) is 45.7 Å². The second kappa shape index (κ2) is 10.9. The third-order valence-electron chi connectivity index (χ3n) is 7.16. The number of nitrogens with one attached hydrogen (secondary N) is 3. The summed E-state index contributed by atoms with van der Waals surface area (Å²) in [5.41, 5.74) is 6.12. The van der Waals surface area contributed by atoms with Crippen LogP contribution >= 0.6 is 0 Å². The van der Waals surface area contributed by atoms with Crippen molar-refractivity contribution in [2.24, 2.45) is 0 Å². The Morgan fingerprint density at radius 2 is 1.61 bits per heavy atom. The van der Waals surface area contributed by atoms with Gasteiger partial charge in [-0.1, -0.05) is 18.2 Å².